The Bertz CT molecular complexity index is 594. The number of piperazine rings is 1. The highest BCUT2D eigenvalue weighted by atomic mass is 19.1. The third-order valence-electron chi connectivity index (χ3n) is 4.10. The van der Waals surface area contributed by atoms with Gasteiger partial charge in [-0.3, -0.25) is 0 Å². The molecule has 0 spiro atoms. The Hall–Kier alpha value is -2.07. The van der Waals surface area contributed by atoms with E-state index in [1.165, 1.54) is 6.07 Å². The summed E-state index contributed by atoms with van der Waals surface area (Å²) in [4.78, 5) is 4.37. The third-order valence-corrected chi connectivity index (χ3v) is 4.10. The van der Waals surface area contributed by atoms with Crippen molar-refractivity contribution in [1.82, 2.24) is 9.80 Å². The predicted molar refractivity (Wildman–Crippen MR) is 94.1 cm³/mol. The predicted octanol–water partition coefficient (Wildman–Crippen LogP) is 3.26. The number of nitrogens with two attached hydrogens (primary N) is 1. The Morgan fingerprint density at radius 1 is 1.39 bits per heavy atom. The Labute approximate surface area is 138 Å². The maximum atomic E-state index is 13.7. The zero-order chi connectivity index (χ0) is 16.8. The fourth-order valence-corrected chi connectivity index (χ4v) is 2.86. The van der Waals surface area contributed by atoms with Gasteiger partial charge in [0.15, 0.2) is 0 Å². The smallest absolute Gasteiger partial charge is 0.126 e. The van der Waals surface area contributed by atoms with Crippen LogP contribution in [0, 0.1) is 5.82 Å². The Kier molecular flexibility index (Phi) is 5.99. The van der Waals surface area contributed by atoms with E-state index in [2.05, 4.69) is 23.0 Å². The molecule has 0 radical (unpaired) electrons. The van der Waals surface area contributed by atoms with Gasteiger partial charge in [-0.15, -0.1) is 0 Å². The summed E-state index contributed by atoms with van der Waals surface area (Å²) in [5, 5.41) is 0. The fourth-order valence-electron chi connectivity index (χ4n) is 2.86. The monoisotopic (exact) mass is 315 g/mol. The lowest BCUT2D eigenvalue weighted by atomic mass is 10.0. The van der Waals surface area contributed by atoms with E-state index >= 15 is 0 Å². The summed E-state index contributed by atoms with van der Waals surface area (Å²) in [6.07, 6.45) is 5.24. The van der Waals surface area contributed by atoms with Crippen molar-refractivity contribution >= 4 is 0 Å². The van der Waals surface area contributed by atoms with Crippen molar-refractivity contribution in [3.8, 4) is 0 Å². The van der Waals surface area contributed by atoms with Gasteiger partial charge in [0.25, 0.3) is 0 Å². The van der Waals surface area contributed by atoms with E-state index in [1.54, 1.807) is 12.1 Å². The van der Waals surface area contributed by atoms with Crippen molar-refractivity contribution in [2.75, 3.05) is 19.6 Å². The van der Waals surface area contributed by atoms with E-state index in [-0.39, 0.29) is 11.9 Å². The quantitative estimate of drug-likeness (QED) is 0.874. The zero-order valence-corrected chi connectivity index (χ0v) is 13.8. The average molecular weight is 315 g/mol. The van der Waals surface area contributed by atoms with E-state index < -0.39 is 0 Å². The highest BCUT2D eigenvalue weighted by molar-refractivity contribution is 5.19. The number of hydrogen-bond donors (Lipinski definition) is 1. The molecule has 124 valence electrons. The molecular weight excluding hydrogens is 289 g/mol. The van der Waals surface area contributed by atoms with Crippen LogP contribution in [-0.2, 0) is 6.42 Å². The van der Waals surface area contributed by atoms with Gasteiger partial charge < -0.3 is 15.5 Å². The molecule has 2 N–H and O–H groups in total. The first-order valence-electron chi connectivity index (χ1n) is 8.00. The van der Waals surface area contributed by atoms with Gasteiger partial charge >= 0.3 is 0 Å². The SMILES string of the molecule is C=C1CN(C(=C)CC(N)Cc2ccccc2F)CCN1/C=C\C. The van der Waals surface area contributed by atoms with Crippen LogP contribution in [0.3, 0.4) is 0 Å². The summed E-state index contributed by atoms with van der Waals surface area (Å²) in [6.45, 7) is 12.8. The molecular formula is C19H26FN3. The summed E-state index contributed by atoms with van der Waals surface area (Å²) >= 11 is 0. The molecule has 1 unspecified atom stereocenters. The van der Waals surface area contributed by atoms with Crippen LogP contribution >= 0.6 is 0 Å². The van der Waals surface area contributed by atoms with E-state index in [1.807, 2.05) is 25.3 Å². The number of rotatable bonds is 6. The molecule has 23 heavy (non-hydrogen) atoms. The van der Waals surface area contributed by atoms with Crippen molar-refractivity contribution in [2.24, 2.45) is 5.73 Å². The lowest BCUT2D eigenvalue weighted by molar-refractivity contribution is 0.245. The van der Waals surface area contributed by atoms with E-state index in [4.69, 9.17) is 5.73 Å². The van der Waals surface area contributed by atoms with Gasteiger partial charge in [-0.05, 0) is 31.2 Å². The van der Waals surface area contributed by atoms with Gasteiger partial charge in [-0.1, -0.05) is 37.4 Å². The second-order valence-corrected chi connectivity index (χ2v) is 5.99. The summed E-state index contributed by atoms with van der Waals surface area (Å²) < 4.78 is 13.7. The number of halogens is 1. The van der Waals surface area contributed by atoms with E-state index in [0.29, 0.717) is 18.4 Å². The summed E-state index contributed by atoms with van der Waals surface area (Å²) in [7, 11) is 0. The molecule has 0 aromatic heterocycles. The summed E-state index contributed by atoms with van der Waals surface area (Å²) in [5.74, 6) is -0.193. The molecule has 1 heterocycles. The lowest BCUT2D eigenvalue weighted by Gasteiger charge is -2.38. The zero-order valence-electron chi connectivity index (χ0n) is 13.8. The number of benzene rings is 1. The molecule has 1 aromatic carbocycles. The van der Waals surface area contributed by atoms with E-state index in [9.17, 15) is 4.39 Å². The van der Waals surface area contributed by atoms with Crippen LogP contribution in [0.2, 0.25) is 0 Å². The van der Waals surface area contributed by atoms with Crippen LogP contribution in [-0.4, -0.2) is 35.5 Å². The minimum Gasteiger partial charge on any atom is -0.368 e. The highest BCUT2D eigenvalue weighted by Crippen LogP contribution is 2.19. The molecule has 1 fully saturated rings. The first-order chi connectivity index (χ1) is 11.0. The molecule has 3 nitrogen and oxygen atoms in total. The van der Waals surface area contributed by atoms with Gasteiger partial charge in [-0.2, -0.15) is 0 Å². The second kappa shape index (κ2) is 7.97. The molecule has 0 saturated carbocycles. The maximum absolute atomic E-state index is 13.7. The van der Waals surface area contributed by atoms with Gasteiger partial charge in [0.05, 0.1) is 6.54 Å². The van der Waals surface area contributed by atoms with Gasteiger partial charge in [0.2, 0.25) is 0 Å². The number of allylic oxidation sites excluding steroid dienone is 1. The molecule has 4 heteroatoms. The average Bonchev–Trinajstić information content (AvgIpc) is 2.51. The summed E-state index contributed by atoms with van der Waals surface area (Å²) in [5.41, 5.74) is 8.91. The first kappa shape index (κ1) is 17.3. The molecule has 1 atom stereocenters. The molecule has 0 aliphatic carbocycles. The molecule has 0 bridgehead atoms. The molecule has 1 aliphatic heterocycles. The van der Waals surface area contributed by atoms with Crippen LogP contribution in [0.25, 0.3) is 0 Å². The molecule has 1 aliphatic rings. The maximum Gasteiger partial charge on any atom is 0.126 e. The largest absolute Gasteiger partial charge is 0.368 e. The Morgan fingerprint density at radius 3 is 2.78 bits per heavy atom. The highest BCUT2D eigenvalue weighted by Gasteiger charge is 2.20. The molecule has 2 rings (SSSR count). The second-order valence-electron chi connectivity index (χ2n) is 5.99. The normalized spacial score (nSPS) is 16.9. The van der Waals surface area contributed by atoms with Crippen LogP contribution in [0.1, 0.15) is 18.9 Å². The van der Waals surface area contributed by atoms with Crippen LogP contribution in [0.4, 0.5) is 4.39 Å². The molecule has 1 aromatic rings. The standard InChI is InChI=1S/C19H26FN3/c1-4-9-22-10-11-23(14-16(22)3)15(2)12-18(21)13-17-7-5-6-8-19(17)20/h4-9,18H,2-3,10-14,21H2,1H3/b9-4-. The first-order valence-corrected chi connectivity index (χ1v) is 8.00. The topological polar surface area (TPSA) is 32.5 Å². The van der Waals surface area contributed by atoms with Gasteiger partial charge in [-0.25, -0.2) is 4.39 Å². The van der Waals surface area contributed by atoms with Gasteiger partial charge in [0.1, 0.15) is 5.82 Å². The lowest BCUT2D eigenvalue weighted by Crippen LogP contribution is -2.42. The summed E-state index contributed by atoms with van der Waals surface area (Å²) in [6, 6.07) is 6.65. The minimum absolute atomic E-state index is 0.138. The Morgan fingerprint density at radius 2 is 2.13 bits per heavy atom. The number of hydrogen-bond acceptors (Lipinski definition) is 3. The number of nitrogens with zero attached hydrogens (tertiary/aromatic N) is 2. The van der Waals surface area contributed by atoms with Crippen LogP contribution in [0.15, 0.2) is 61.1 Å². The van der Waals surface area contributed by atoms with Crippen molar-refractivity contribution in [1.29, 1.82) is 0 Å². The van der Waals surface area contributed by atoms with Crippen LogP contribution in [0.5, 0.6) is 0 Å². The third kappa shape index (κ3) is 4.70. The fraction of sp³-hybridized carbons (Fsp3) is 0.368. The van der Waals surface area contributed by atoms with Crippen molar-refractivity contribution in [3.05, 3.63) is 72.5 Å². The minimum atomic E-state index is -0.193. The van der Waals surface area contributed by atoms with E-state index in [0.717, 1.165) is 31.0 Å². The van der Waals surface area contributed by atoms with Crippen molar-refractivity contribution < 1.29 is 4.39 Å². The van der Waals surface area contributed by atoms with Crippen LogP contribution < -0.4 is 5.73 Å². The van der Waals surface area contributed by atoms with Gasteiger partial charge in [0, 0.05) is 36.9 Å². The molecule has 0 amide bonds. The van der Waals surface area contributed by atoms with Crippen molar-refractivity contribution in [3.63, 3.8) is 0 Å². The van der Waals surface area contributed by atoms with Crippen molar-refractivity contribution in [2.45, 2.75) is 25.8 Å². The Balaban J connectivity index is 1.87. The molecule has 1 saturated heterocycles.